The van der Waals surface area contributed by atoms with E-state index in [0.29, 0.717) is 0 Å². The number of imide groups is 1. The largest absolute Gasteiger partial charge is 0.393 e. The summed E-state index contributed by atoms with van der Waals surface area (Å²) in [6.07, 6.45) is -0.125. The number of hydrogen-bond donors (Lipinski definition) is 2. The second-order valence-corrected chi connectivity index (χ2v) is 5.46. The van der Waals surface area contributed by atoms with Gasteiger partial charge in [-0.15, -0.1) is 0 Å². The van der Waals surface area contributed by atoms with E-state index in [1.165, 1.54) is 12.1 Å². The SMILES string of the molecule is CC(C)N1C(=O)C[C@@H](NC(=O)c2ccc(N)c([N+](=O)[O-])c2)C1=O. The molecule has 3 amide bonds. The van der Waals surface area contributed by atoms with Gasteiger partial charge in [-0.05, 0) is 26.0 Å². The van der Waals surface area contributed by atoms with E-state index < -0.39 is 28.5 Å². The summed E-state index contributed by atoms with van der Waals surface area (Å²) < 4.78 is 0. The highest BCUT2D eigenvalue weighted by Crippen LogP contribution is 2.23. The first-order chi connectivity index (χ1) is 10.7. The molecule has 2 rings (SSSR count). The van der Waals surface area contributed by atoms with Crippen molar-refractivity contribution in [1.82, 2.24) is 10.2 Å². The molecule has 1 aliphatic heterocycles. The molecule has 0 aromatic heterocycles. The zero-order chi connectivity index (χ0) is 17.3. The molecule has 0 saturated carbocycles. The highest BCUT2D eigenvalue weighted by atomic mass is 16.6. The summed E-state index contributed by atoms with van der Waals surface area (Å²) in [5, 5.41) is 13.3. The number of anilines is 1. The molecule has 23 heavy (non-hydrogen) atoms. The Hall–Kier alpha value is -2.97. The summed E-state index contributed by atoms with van der Waals surface area (Å²) in [5.41, 5.74) is 5.00. The van der Waals surface area contributed by atoms with Gasteiger partial charge in [0.1, 0.15) is 11.7 Å². The Morgan fingerprint density at radius 2 is 2.09 bits per heavy atom. The summed E-state index contributed by atoms with van der Waals surface area (Å²) in [6, 6.07) is 2.34. The standard InChI is InChI=1S/C14H16N4O5/c1-7(2)17-12(19)6-10(14(17)21)16-13(20)8-3-4-9(15)11(5-8)18(22)23/h3-5,7,10H,6,15H2,1-2H3,(H,16,20)/t10-/m1/s1. The number of nitrogen functional groups attached to an aromatic ring is 1. The van der Waals surface area contributed by atoms with Gasteiger partial charge < -0.3 is 11.1 Å². The number of nitrogens with zero attached hydrogens (tertiary/aromatic N) is 2. The molecule has 0 unspecified atom stereocenters. The molecule has 9 nitrogen and oxygen atoms in total. The van der Waals surface area contributed by atoms with Crippen molar-refractivity contribution in [2.75, 3.05) is 5.73 Å². The molecule has 1 fully saturated rings. The number of nitro groups is 1. The van der Waals surface area contributed by atoms with Crippen LogP contribution in [0.15, 0.2) is 18.2 Å². The average molecular weight is 320 g/mol. The van der Waals surface area contributed by atoms with Crippen molar-refractivity contribution < 1.29 is 19.3 Å². The normalized spacial score (nSPS) is 17.7. The summed E-state index contributed by atoms with van der Waals surface area (Å²) >= 11 is 0. The lowest BCUT2D eigenvalue weighted by Gasteiger charge is -2.19. The van der Waals surface area contributed by atoms with Crippen LogP contribution in [0.4, 0.5) is 11.4 Å². The second-order valence-electron chi connectivity index (χ2n) is 5.46. The van der Waals surface area contributed by atoms with E-state index in [2.05, 4.69) is 5.32 Å². The molecule has 0 radical (unpaired) electrons. The molecule has 1 aromatic rings. The first-order valence-electron chi connectivity index (χ1n) is 6.93. The van der Waals surface area contributed by atoms with Crippen molar-refractivity contribution in [3.05, 3.63) is 33.9 Å². The Balaban J connectivity index is 2.17. The van der Waals surface area contributed by atoms with Crippen molar-refractivity contribution in [3.8, 4) is 0 Å². The van der Waals surface area contributed by atoms with Crippen molar-refractivity contribution in [3.63, 3.8) is 0 Å². The van der Waals surface area contributed by atoms with E-state index in [4.69, 9.17) is 5.73 Å². The molecule has 1 saturated heterocycles. The molecular weight excluding hydrogens is 304 g/mol. The number of nitro benzene ring substituents is 1. The van der Waals surface area contributed by atoms with Crippen LogP contribution in [0.5, 0.6) is 0 Å². The van der Waals surface area contributed by atoms with Gasteiger partial charge in [0.2, 0.25) is 5.91 Å². The summed E-state index contributed by atoms with van der Waals surface area (Å²) in [5.74, 6) is -1.52. The number of likely N-dealkylation sites (tertiary alicyclic amines) is 1. The second kappa shape index (κ2) is 6.03. The molecule has 1 aromatic carbocycles. The number of nitrogens with two attached hydrogens (primary N) is 1. The van der Waals surface area contributed by atoms with Gasteiger partial charge in [-0.25, -0.2) is 0 Å². The third-order valence-electron chi connectivity index (χ3n) is 3.49. The van der Waals surface area contributed by atoms with E-state index in [1.54, 1.807) is 13.8 Å². The molecule has 0 bridgehead atoms. The molecule has 0 spiro atoms. The predicted octanol–water partition coefficient (Wildman–Crippen LogP) is 0.443. The average Bonchev–Trinajstić information content (AvgIpc) is 2.73. The number of benzene rings is 1. The van der Waals surface area contributed by atoms with Crippen LogP contribution in [0.1, 0.15) is 30.6 Å². The van der Waals surface area contributed by atoms with E-state index in [1.807, 2.05) is 0 Å². The fraction of sp³-hybridized carbons (Fsp3) is 0.357. The maximum Gasteiger partial charge on any atom is 0.292 e. The predicted molar refractivity (Wildman–Crippen MR) is 80.4 cm³/mol. The minimum Gasteiger partial charge on any atom is -0.393 e. The van der Waals surface area contributed by atoms with Gasteiger partial charge in [-0.2, -0.15) is 0 Å². The minimum absolute atomic E-state index is 0.00542. The lowest BCUT2D eigenvalue weighted by molar-refractivity contribution is -0.383. The molecule has 122 valence electrons. The molecule has 9 heteroatoms. The zero-order valence-electron chi connectivity index (χ0n) is 12.6. The van der Waals surface area contributed by atoms with E-state index in [0.717, 1.165) is 11.0 Å². The van der Waals surface area contributed by atoms with E-state index >= 15 is 0 Å². The zero-order valence-corrected chi connectivity index (χ0v) is 12.6. The fourth-order valence-electron chi connectivity index (χ4n) is 2.39. The van der Waals surface area contributed by atoms with Gasteiger partial charge in [-0.1, -0.05) is 0 Å². The molecule has 1 heterocycles. The van der Waals surface area contributed by atoms with Crippen LogP contribution in [0, 0.1) is 10.1 Å². The fourth-order valence-corrected chi connectivity index (χ4v) is 2.39. The number of nitrogens with one attached hydrogen (secondary N) is 1. The molecule has 3 N–H and O–H groups in total. The van der Waals surface area contributed by atoms with Gasteiger partial charge in [0.15, 0.2) is 0 Å². The van der Waals surface area contributed by atoms with Crippen LogP contribution < -0.4 is 11.1 Å². The van der Waals surface area contributed by atoms with Crippen LogP contribution >= 0.6 is 0 Å². The van der Waals surface area contributed by atoms with Crippen molar-refractivity contribution >= 4 is 29.1 Å². The molecular formula is C14H16N4O5. The van der Waals surface area contributed by atoms with Crippen molar-refractivity contribution in [2.24, 2.45) is 0 Å². The maximum atomic E-state index is 12.2. The third kappa shape index (κ3) is 3.12. The third-order valence-corrected chi connectivity index (χ3v) is 3.49. The van der Waals surface area contributed by atoms with Gasteiger partial charge in [-0.3, -0.25) is 29.4 Å². The summed E-state index contributed by atoms with van der Waals surface area (Å²) in [7, 11) is 0. The van der Waals surface area contributed by atoms with Gasteiger partial charge in [0, 0.05) is 17.7 Å². The maximum absolute atomic E-state index is 12.2. The monoisotopic (exact) mass is 320 g/mol. The highest BCUT2D eigenvalue weighted by molar-refractivity contribution is 6.08. The Bertz CT molecular complexity index is 700. The van der Waals surface area contributed by atoms with Crippen LogP contribution in [0.2, 0.25) is 0 Å². The smallest absolute Gasteiger partial charge is 0.292 e. The van der Waals surface area contributed by atoms with Crippen LogP contribution in [0.3, 0.4) is 0 Å². The summed E-state index contributed by atoms with van der Waals surface area (Å²) in [6.45, 7) is 3.40. The van der Waals surface area contributed by atoms with Gasteiger partial charge in [0.25, 0.3) is 17.5 Å². The molecule has 1 aliphatic rings. The highest BCUT2D eigenvalue weighted by Gasteiger charge is 2.40. The van der Waals surface area contributed by atoms with Crippen molar-refractivity contribution in [2.45, 2.75) is 32.4 Å². The van der Waals surface area contributed by atoms with Gasteiger partial charge >= 0.3 is 0 Å². The molecule has 1 atom stereocenters. The lowest BCUT2D eigenvalue weighted by Crippen LogP contribution is -2.43. The number of amides is 3. The first kappa shape index (κ1) is 16.4. The lowest BCUT2D eigenvalue weighted by atomic mass is 10.1. The quantitative estimate of drug-likeness (QED) is 0.357. The number of hydrogen-bond acceptors (Lipinski definition) is 6. The van der Waals surface area contributed by atoms with Gasteiger partial charge in [0.05, 0.1) is 11.3 Å². The Kier molecular flexibility index (Phi) is 4.30. The number of carbonyl (C=O) groups is 3. The van der Waals surface area contributed by atoms with E-state index in [9.17, 15) is 24.5 Å². The Labute approximate surface area is 131 Å². The Morgan fingerprint density at radius 3 is 2.61 bits per heavy atom. The van der Waals surface area contributed by atoms with Crippen LogP contribution in [0.25, 0.3) is 0 Å². The van der Waals surface area contributed by atoms with Crippen LogP contribution in [-0.4, -0.2) is 39.6 Å². The topological polar surface area (TPSA) is 136 Å². The minimum atomic E-state index is -0.964. The van der Waals surface area contributed by atoms with Crippen LogP contribution in [-0.2, 0) is 9.59 Å². The Morgan fingerprint density at radius 1 is 1.43 bits per heavy atom. The summed E-state index contributed by atoms with van der Waals surface area (Å²) in [4.78, 5) is 47.3. The number of rotatable bonds is 4. The van der Waals surface area contributed by atoms with Crippen molar-refractivity contribution in [1.29, 1.82) is 0 Å². The van der Waals surface area contributed by atoms with E-state index in [-0.39, 0.29) is 29.6 Å². The number of carbonyl (C=O) groups excluding carboxylic acids is 3. The first-order valence-corrected chi connectivity index (χ1v) is 6.93. The molecule has 0 aliphatic carbocycles.